The maximum atomic E-state index is 10.6. The first kappa shape index (κ1) is 11.7. The van der Waals surface area contributed by atoms with Gasteiger partial charge < -0.3 is 5.11 Å². The average Bonchev–Trinajstić information content (AvgIpc) is 2.05. The van der Waals surface area contributed by atoms with Gasteiger partial charge in [0.25, 0.3) is 0 Å². The smallest absolute Gasteiger partial charge is 0.346 e. The van der Waals surface area contributed by atoms with Gasteiger partial charge in [0.1, 0.15) is 11.6 Å². The van der Waals surface area contributed by atoms with Crippen LogP contribution in [0.3, 0.4) is 0 Å². The minimum absolute atomic E-state index is 0.0660. The molecule has 0 fully saturated rings. The van der Waals surface area contributed by atoms with Crippen LogP contribution in [0.1, 0.15) is 39.5 Å². The fraction of sp³-hybridized carbons (Fsp3) is 0.600. The van der Waals surface area contributed by atoms with Crippen molar-refractivity contribution >= 4 is 5.97 Å². The van der Waals surface area contributed by atoms with Gasteiger partial charge in [-0.3, -0.25) is 0 Å². The lowest BCUT2D eigenvalue weighted by Crippen LogP contribution is -2.03. The van der Waals surface area contributed by atoms with Crippen molar-refractivity contribution in [3.05, 3.63) is 11.1 Å². The Morgan fingerprint density at radius 1 is 1.31 bits per heavy atom. The Morgan fingerprint density at radius 3 is 2.00 bits per heavy atom. The van der Waals surface area contributed by atoms with E-state index in [1.165, 1.54) is 0 Å². The third-order valence-electron chi connectivity index (χ3n) is 1.78. The molecule has 0 bridgehead atoms. The molecule has 0 unspecified atom stereocenters. The van der Waals surface area contributed by atoms with Crippen molar-refractivity contribution < 1.29 is 9.90 Å². The first-order chi connectivity index (χ1) is 6.17. The normalized spacial score (nSPS) is 9.00. The highest BCUT2D eigenvalue weighted by Gasteiger charge is 2.12. The Labute approximate surface area is 78.7 Å². The van der Waals surface area contributed by atoms with E-state index in [0.29, 0.717) is 12.8 Å². The SMILES string of the molecule is CCCC(CCC)=C(C#N)C(=O)O. The molecule has 0 aromatic rings. The van der Waals surface area contributed by atoms with Crippen LogP contribution in [0.5, 0.6) is 0 Å². The molecule has 0 amide bonds. The number of carboxylic acid groups (broad SMARTS) is 1. The van der Waals surface area contributed by atoms with Crippen molar-refractivity contribution in [2.75, 3.05) is 0 Å². The molecule has 3 heteroatoms. The molecule has 0 rings (SSSR count). The van der Waals surface area contributed by atoms with E-state index in [9.17, 15) is 4.79 Å². The van der Waals surface area contributed by atoms with E-state index in [0.717, 1.165) is 18.4 Å². The number of rotatable bonds is 5. The Morgan fingerprint density at radius 2 is 1.77 bits per heavy atom. The van der Waals surface area contributed by atoms with Crippen LogP contribution in [0.2, 0.25) is 0 Å². The Kier molecular flexibility index (Phi) is 5.62. The molecule has 0 aliphatic rings. The van der Waals surface area contributed by atoms with Crippen LogP contribution >= 0.6 is 0 Å². The van der Waals surface area contributed by atoms with E-state index in [-0.39, 0.29) is 5.57 Å². The predicted molar refractivity (Wildman–Crippen MR) is 50.1 cm³/mol. The number of nitriles is 1. The molecule has 0 atom stereocenters. The van der Waals surface area contributed by atoms with Crippen LogP contribution in [-0.2, 0) is 4.79 Å². The molecular formula is C10H15NO2. The third-order valence-corrected chi connectivity index (χ3v) is 1.78. The topological polar surface area (TPSA) is 61.1 Å². The van der Waals surface area contributed by atoms with Crippen molar-refractivity contribution in [3.8, 4) is 6.07 Å². The molecule has 0 aromatic carbocycles. The van der Waals surface area contributed by atoms with Gasteiger partial charge in [-0.15, -0.1) is 0 Å². The Bertz CT molecular complexity index is 240. The molecule has 0 radical (unpaired) electrons. The largest absolute Gasteiger partial charge is 0.477 e. The summed E-state index contributed by atoms with van der Waals surface area (Å²) >= 11 is 0. The van der Waals surface area contributed by atoms with Crippen LogP contribution < -0.4 is 0 Å². The average molecular weight is 181 g/mol. The summed E-state index contributed by atoms with van der Waals surface area (Å²) in [5.41, 5.74) is 0.712. The van der Waals surface area contributed by atoms with Crippen LogP contribution in [-0.4, -0.2) is 11.1 Å². The molecule has 13 heavy (non-hydrogen) atoms. The molecular weight excluding hydrogens is 166 g/mol. The molecule has 0 saturated carbocycles. The first-order valence-electron chi connectivity index (χ1n) is 4.52. The number of allylic oxidation sites excluding steroid dienone is 1. The van der Waals surface area contributed by atoms with E-state index < -0.39 is 5.97 Å². The van der Waals surface area contributed by atoms with Gasteiger partial charge in [0.2, 0.25) is 0 Å². The molecule has 0 aromatic heterocycles. The summed E-state index contributed by atoms with van der Waals surface area (Å²) in [6.45, 7) is 3.96. The predicted octanol–water partition coefficient (Wildman–Crippen LogP) is 2.49. The molecule has 0 aliphatic heterocycles. The van der Waals surface area contributed by atoms with Gasteiger partial charge in [0, 0.05) is 0 Å². The van der Waals surface area contributed by atoms with E-state index in [1.807, 2.05) is 13.8 Å². The second kappa shape index (κ2) is 6.24. The lowest BCUT2D eigenvalue weighted by Gasteiger charge is -2.04. The van der Waals surface area contributed by atoms with Gasteiger partial charge in [-0.2, -0.15) is 5.26 Å². The molecule has 72 valence electrons. The van der Waals surface area contributed by atoms with E-state index in [1.54, 1.807) is 6.07 Å². The van der Waals surface area contributed by atoms with Crippen molar-refractivity contribution in [1.29, 1.82) is 5.26 Å². The number of carbonyl (C=O) groups is 1. The van der Waals surface area contributed by atoms with Crippen LogP contribution in [0, 0.1) is 11.3 Å². The summed E-state index contributed by atoms with van der Waals surface area (Å²) < 4.78 is 0. The van der Waals surface area contributed by atoms with E-state index in [4.69, 9.17) is 10.4 Å². The highest BCUT2D eigenvalue weighted by Crippen LogP contribution is 2.16. The Hall–Kier alpha value is -1.30. The van der Waals surface area contributed by atoms with Crippen molar-refractivity contribution in [2.45, 2.75) is 39.5 Å². The fourth-order valence-corrected chi connectivity index (χ4v) is 1.26. The van der Waals surface area contributed by atoms with Gasteiger partial charge >= 0.3 is 5.97 Å². The zero-order chi connectivity index (χ0) is 10.3. The second-order valence-corrected chi connectivity index (χ2v) is 2.90. The maximum Gasteiger partial charge on any atom is 0.346 e. The lowest BCUT2D eigenvalue weighted by molar-refractivity contribution is -0.132. The minimum atomic E-state index is -1.10. The van der Waals surface area contributed by atoms with Crippen LogP contribution in [0.4, 0.5) is 0 Å². The Balaban J connectivity index is 4.79. The number of hydrogen-bond donors (Lipinski definition) is 1. The van der Waals surface area contributed by atoms with Crippen molar-refractivity contribution in [3.63, 3.8) is 0 Å². The molecule has 0 spiro atoms. The van der Waals surface area contributed by atoms with Crippen molar-refractivity contribution in [2.24, 2.45) is 0 Å². The number of nitrogens with zero attached hydrogens (tertiary/aromatic N) is 1. The highest BCUT2D eigenvalue weighted by molar-refractivity contribution is 5.92. The summed E-state index contributed by atoms with van der Waals surface area (Å²) in [5, 5.41) is 17.3. The molecule has 1 N–H and O–H groups in total. The first-order valence-corrected chi connectivity index (χ1v) is 4.52. The monoisotopic (exact) mass is 181 g/mol. The molecule has 0 aliphatic carbocycles. The van der Waals surface area contributed by atoms with E-state index >= 15 is 0 Å². The van der Waals surface area contributed by atoms with Crippen molar-refractivity contribution in [1.82, 2.24) is 0 Å². The number of hydrogen-bond acceptors (Lipinski definition) is 2. The fourth-order valence-electron chi connectivity index (χ4n) is 1.26. The van der Waals surface area contributed by atoms with Gasteiger partial charge in [0.05, 0.1) is 0 Å². The van der Waals surface area contributed by atoms with Gasteiger partial charge in [0.15, 0.2) is 0 Å². The zero-order valence-corrected chi connectivity index (χ0v) is 8.13. The number of carboxylic acids is 1. The quantitative estimate of drug-likeness (QED) is 0.523. The van der Waals surface area contributed by atoms with Crippen LogP contribution in [0.15, 0.2) is 11.1 Å². The standard InChI is InChI=1S/C10H15NO2/c1-3-5-8(6-4-2)9(7-11)10(12)13/h3-6H2,1-2H3,(H,12,13). The summed E-state index contributed by atoms with van der Waals surface area (Å²) in [7, 11) is 0. The summed E-state index contributed by atoms with van der Waals surface area (Å²) in [4.78, 5) is 10.6. The summed E-state index contributed by atoms with van der Waals surface area (Å²) in [6.07, 6.45) is 3.19. The second-order valence-electron chi connectivity index (χ2n) is 2.90. The number of aliphatic carboxylic acids is 1. The third kappa shape index (κ3) is 3.75. The maximum absolute atomic E-state index is 10.6. The minimum Gasteiger partial charge on any atom is -0.477 e. The zero-order valence-electron chi connectivity index (χ0n) is 8.13. The highest BCUT2D eigenvalue weighted by atomic mass is 16.4. The van der Waals surface area contributed by atoms with Gasteiger partial charge in [-0.05, 0) is 18.4 Å². The van der Waals surface area contributed by atoms with Gasteiger partial charge in [-0.1, -0.05) is 26.7 Å². The molecule has 0 heterocycles. The molecule has 3 nitrogen and oxygen atoms in total. The molecule has 0 saturated heterocycles. The van der Waals surface area contributed by atoms with Crippen LogP contribution in [0.25, 0.3) is 0 Å². The summed E-state index contributed by atoms with van der Waals surface area (Å²) in [6, 6.07) is 1.75. The lowest BCUT2D eigenvalue weighted by atomic mass is 10.00. The van der Waals surface area contributed by atoms with Gasteiger partial charge in [-0.25, -0.2) is 4.79 Å². The summed E-state index contributed by atoms with van der Waals surface area (Å²) in [5.74, 6) is -1.10. The van der Waals surface area contributed by atoms with E-state index in [2.05, 4.69) is 0 Å².